The molecule has 2 aliphatic rings. The topological polar surface area (TPSA) is 40.6 Å². The molecule has 2 aliphatic heterocycles. The molecule has 1 aromatic rings. The number of nitrogens with zero attached hydrogens (tertiary/aromatic N) is 2. The van der Waals surface area contributed by atoms with E-state index in [1.807, 2.05) is 11.3 Å². The highest BCUT2D eigenvalue weighted by Crippen LogP contribution is 2.28. The molecule has 3 rings (SSSR count). The third kappa shape index (κ3) is 2.11. The van der Waals surface area contributed by atoms with E-state index in [0.717, 1.165) is 19.5 Å². The summed E-state index contributed by atoms with van der Waals surface area (Å²) < 4.78 is 25.0. The van der Waals surface area contributed by atoms with Crippen LogP contribution < -0.4 is 0 Å². The van der Waals surface area contributed by atoms with E-state index in [1.54, 1.807) is 11.2 Å². The van der Waals surface area contributed by atoms with Crippen molar-refractivity contribution in [1.29, 1.82) is 0 Å². The molecule has 0 amide bonds. The van der Waals surface area contributed by atoms with Crippen LogP contribution in [0, 0.1) is 0 Å². The van der Waals surface area contributed by atoms with Crippen LogP contribution in [0.15, 0.2) is 11.4 Å². The van der Waals surface area contributed by atoms with E-state index in [9.17, 15) is 8.42 Å². The Labute approximate surface area is 112 Å². The van der Waals surface area contributed by atoms with Crippen LogP contribution in [0.5, 0.6) is 0 Å². The molecule has 100 valence electrons. The normalized spacial score (nSPS) is 22.7. The summed E-state index contributed by atoms with van der Waals surface area (Å²) in [6.45, 7) is 5.12. The predicted molar refractivity (Wildman–Crippen MR) is 73.3 cm³/mol. The average molecular weight is 286 g/mol. The molecular weight excluding hydrogens is 268 g/mol. The van der Waals surface area contributed by atoms with Crippen LogP contribution in [0.1, 0.15) is 17.4 Å². The molecule has 0 aliphatic carbocycles. The van der Waals surface area contributed by atoms with Crippen LogP contribution in [-0.2, 0) is 23.0 Å². The van der Waals surface area contributed by atoms with Crippen molar-refractivity contribution >= 4 is 21.4 Å². The highest BCUT2D eigenvalue weighted by atomic mass is 32.2. The van der Waals surface area contributed by atoms with Gasteiger partial charge in [0.2, 0.25) is 10.0 Å². The first-order valence-electron chi connectivity index (χ1n) is 6.37. The van der Waals surface area contributed by atoms with E-state index in [1.165, 1.54) is 10.4 Å². The lowest BCUT2D eigenvalue weighted by Crippen LogP contribution is -2.61. The van der Waals surface area contributed by atoms with Crippen molar-refractivity contribution < 1.29 is 8.42 Å². The van der Waals surface area contributed by atoms with Crippen LogP contribution in [0.25, 0.3) is 0 Å². The van der Waals surface area contributed by atoms with Gasteiger partial charge >= 0.3 is 0 Å². The zero-order chi connectivity index (χ0) is 12.8. The van der Waals surface area contributed by atoms with Crippen LogP contribution >= 0.6 is 11.3 Å². The van der Waals surface area contributed by atoms with Gasteiger partial charge in [-0.1, -0.05) is 0 Å². The fraction of sp³-hybridized carbons (Fsp3) is 0.667. The lowest BCUT2D eigenvalue weighted by Gasteiger charge is -2.45. The van der Waals surface area contributed by atoms with E-state index in [0.29, 0.717) is 19.1 Å². The zero-order valence-corrected chi connectivity index (χ0v) is 12.1. The Bertz CT molecular complexity index is 532. The van der Waals surface area contributed by atoms with E-state index in [2.05, 4.69) is 16.3 Å². The average Bonchev–Trinajstić information content (AvgIpc) is 2.74. The molecule has 18 heavy (non-hydrogen) atoms. The maximum atomic E-state index is 11.7. The number of hydrogen-bond donors (Lipinski definition) is 0. The van der Waals surface area contributed by atoms with Crippen molar-refractivity contribution in [1.82, 2.24) is 9.21 Å². The van der Waals surface area contributed by atoms with Gasteiger partial charge in [0, 0.05) is 37.1 Å². The van der Waals surface area contributed by atoms with Crippen molar-refractivity contribution in [2.24, 2.45) is 0 Å². The summed E-state index contributed by atoms with van der Waals surface area (Å²) in [5.74, 6) is 0.217. The molecule has 0 unspecified atom stereocenters. The van der Waals surface area contributed by atoms with E-state index < -0.39 is 10.0 Å². The number of sulfonamides is 1. The van der Waals surface area contributed by atoms with Gasteiger partial charge in [0.15, 0.2) is 0 Å². The number of hydrogen-bond acceptors (Lipinski definition) is 4. The Morgan fingerprint density at radius 3 is 2.94 bits per heavy atom. The molecule has 0 bridgehead atoms. The molecule has 3 heterocycles. The van der Waals surface area contributed by atoms with Crippen molar-refractivity contribution in [2.45, 2.75) is 25.9 Å². The molecule has 1 aromatic heterocycles. The molecule has 0 atom stereocenters. The van der Waals surface area contributed by atoms with Gasteiger partial charge < -0.3 is 0 Å². The molecule has 1 saturated heterocycles. The fourth-order valence-electron chi connectivity index (χ4n) is 2.64. The Morgan fingerprint density at radius 1 is 1.44 bits per heavy atom. The first-order chi connectivity index (χ1) is 8.60. The molecule has 0 N–H and O–H groups in total. The first kappa shape index (κ1) is 12.6. The van der Waals surface area contributed by atoms with Crippen molar-refractivity contribution in [3.8, 4) is 0 Å². The monoisotopic (exact) mass is 286 g/mol. The van der Waals surface area contributed by atoms with E-state index in [4.69, 9.17) is 0 Å². The van der Waals surface area contributed by atoms with Gasteiger partial charge in [-0.25, -0.2) is 8.42 Å². The zero-order valence-electron chi connectivity index (χ0n) is 10.5. The molecule has 6 heteroatoms. The summed E-state index contributed by atoms with van der Waals surface area (Å²) in [5.41, 5.74) is 1.43. The van der Waals surface area contributed by atoms with Gasteiger partial charge in [-0.05, 0) is 30.4 Å². The van der Waals surface area contributed by atoms with Gasteiger partial charge in [-0.15, -0.1) is 11.3 Å². The van der Waals surface area contributed by atoms with Crippen LogP contribution in [0.3, 0.4) is 0 Å². The fourth-order valence-corrected chi connectivity index (χ4v) is 4.69. The van der Waals surface area contributed by atoms with Crippen molar-refractivity contribution in [3.63, 3.8) is 0 Å². The summed E-state index contributed by atoms with van der Waals surface area (Å²) >= 11 is 1.84. The summed E-state index contributed by atoms with van der Waals surface area (Å²) in [4.78, 5) is 3.93. The molecule has 4 nitrogen and oxygen atoms in total. The summed E-state index contributed by atoms with van der Waals surface area (Å²) in [6, 6.07) is 2.62. The Hall–Kier alpha value is -0.430. The highest BCUT2D eigenvalue weighted by Gasteiger charge is 2.38. The number of fused-ring (bicyclic) bond motifs is 1. The summed E-state index contributed by atoms with van der Waals surface area (Å²) in [5, 5.41) is 2.16. The minimum atomic E-state index is -2.97. The van der Waals surface area contributed by atoms with Crippen molar-refractivity contribution in [2.75, 3.05) is 25.4 Å². The molecule has 0 saturated carbocycles. The molecule has 0 aromatic carbocycles. The van der Waals surface area contributed by atoms with E-state index in [-0.39, 0.29) is 5.75 Å². The molecule has 1 fully saturated rings. The third-order valence-electron chi connectivity index (χ3n) is 3.94. The Morgan fingerprint density at radius 2 is 2.22 bits per heavy atom. The number of thiophene rings is 1. The lowest BCUT2D eigenvalue weighted by molar-refractivity contribution is 0.0776. The maximum Gasteiger partial charge on any atom is 0.213 e. The predicted octanol–water partition coefficient (Wildman–Crippen LogP) is 1.14. The van der Waals surface area contributed by atoms with Gasteiger partial charge in [-0.2, -0.15) is 4.31 Å². The number of rotatable bonds is 3. The van der Waals surface area contributed by atoms with Gasteiger partial charge in [0.05, 0.1) is 5.75 Å². The SMILES string of the molecule is CCS(=O)(=O)N1CC(N2CCc3sccc3C2)C1. The quantitative estimate of drug-likeness (QED) is 0.836. The third-order valence-corrected chi connectivity index (χ3v) is 6.78. The van der Waals surface area contributed by atoms with Crippen LogP contribution in [0.4, 0.5) is 0 Å². The Balaban J connectivity index is 1.61. The van der Waals surface area contributed by atoms with Crippen LogP contribution in [-0.4, -0.2) is 49.1 Å². The second-order valence-electron chi connectivity index (χ2n) is 4.96. The second-order valence-corrected chi connectivity index (χ2v) is 8.22. The second kappa shape index (κ2) is 4.59. The molecular formula is C12H18N2O2S2. The first-order valence-corrected chi connectivity index (χ1v) is 8.86. The van der Waals surface area contributed by atoms with Crippen molar-refractivity contribution in [3.05, 3.63) is 21.9 Å². The lowest BCUT2D eigenvalue weighted by atomic mass is 10.0. The smallest absolute Gasteiger partial charge is 0.213 e. The maximum absolute atomic E-state index is 11.7. The summed E-state index contributed by atoms with van der Waals surface area (Å²) in [6.07, 6.45) is 1.12. The van der Waals surface area contributed by atoms with Gasteiger partial charge in [-0.3, -0.25) is 4.90 Å². The standard InChI is InChI=1S/C12H18N2O2S2/c1-2-18(15,16)14-8-11(9-14)13-5-3-12-10(7-13)4-6-17-12/h4,6,11H,2-3,5,7-9H2,1H3. The highest BCUT2D eigenvalue weighted by molar-refractivity contribution is 7.89. The minimum absolute atomic E-state index is 0.217. The molecule has 0 spiro atoms. The van der Waals surface area contributed by atoms with Crippen LogP contribution in [0.2, 0.25) is 0 Å². The summed E-state index contributed by atoms with van der Waals surface area (Å²) in [7, 11) is -2.97. The molecule has 0 radical (unpaired) electrons. The Kier molecular flexibility index (Phi) is 3.21. The minimum Gasteiger partial charge on any atom is -0.293 e. The van der Waals surface area contributed by atoms with Gasteiger partial charge in [0.1, 0.15) is 0 Å². The van der Waals surface area contributed by atoms with Gasteiger partial charge in [0.25, 0.3) is 0 Å². The van der Waals surface area contributed by atoms with E-state index >= 15 is 0 Å². The largest absolute Gasteiger partial charge is 0.293 e.